The molecule has 0 amide bonds. The van der Waals surface area contributed by atoms with E-state index in [1.165, 1.54) is 0 Å². The quantitative estimate of drug-likeness (QED) is 0.691. The van der Waals surface area contributed by atoms with Gasteiger partial charge in [-0.2, -0.15) is 0 Å². The van der Waals surface area contributed by atoms with E-state index in [0.29, 0.717) is 12.8 Å². The van der Waals surface area contributed by atoms with E-state index in [9.17, 15) is 10.2 Å². The fourth-order valence-corrected chi connectivity index (χ4v) is 2.02. The van der Waals surface area contributed by atoms with Crippen molar-refractivity contribution in [2.45, 2.75) is 56.9 Å². The third-order valence-electron chi connectivity index (χ3n) is 2.74. The van der Waals surface area contributed by atoms with Crippen LogP contribution in [0.2, 0.25) is 0 Å². The van der Waals surface area contributed by atoms with Gasteiger partial charge in [-0.15, -0.1) is 13.2 Å². The third-order valence-corrected chi connectivity index (χ3v) is 2.74. The Labute approximate surface area is 103 Å². The van der Waals surface area contributed by atoms with Gasteiger partial charge in [0, 0.05) is 0 Å². The second-order valence-electron chi connectivity index (χ2n) is 4.75. The minimum Gasteiger partial charge on any atom is -0.390 e. The zero-order valence-electron chi connectivity index (χ0n) is 10.5. The zero-order valence-corrected chi connectivity index (χ0v) is 10.5. The van der Waals surface area contributed by atoms with Crippen molar-refractivity contribution in [3.63, 3.8) is 0 Å². The van der Waals surface area contributed by atoms with Crippen LogP contribution < -0.4 is 0 Å². The second-order valence-corrected chi connectivity index (χ2v) is 4.75. The van der Waals surface area contributed by atoms with Crippen molar-refractivity contribution in [3.05, 3.63) is 25.3 Å². The highest BCUT2D eigenvalue weighted by atomic mass is 16.8. The number of hydrogen-bond donors (Lipinski definition) is 2. The van der Waals surface area contributed by atoms with Crippen molar-refractivity contribution >= 4 is 0 Å². The second kappa shape index (κ2) is 5.78. The van der Waals surface area contributed by atoms with Crippen LogP contribution >= 0.6 is 0 Å². The van der Waals surface area contributed by atoms with E-state index in [2.05, 4.69) is 13.2 Å². The summed E-state index contributed by atoms with van der Waals surface area (Å²) in [6, 6.07) is 0. The van der Waals surface area contributed by atoms with E-state index in [1.54, 1.807) is 26.0 Å². The molecule has 1 fully saturated rings. The first-order valence-corrected chi connectivity index (χ1v) is 5.85. The summed E-state index contributed by atoms with van der Waals surface area (Å²) in [4.78, 5) is 0. The molecule has 4 heteroatoms. The largest absolute Gasteiger partial charge is 0.390 e. The van der Waals surface area contributed by atoms with Crippen LogP contribution in [0.3, 0.4) is 0 Å². The fraction of sp³-hybridized carbons (Fsp3) is 0.692. The summed E-state index contributed by atoms with van der Waals surface area (Å²) in [6.07, 6.45) is 1.52. The summed E-state index contributed by atoms with van der Waals surface area (Å²) in [5, 5.41) is 19.9. The van der Waals surface area contributed by atoms with Gasteiger partial charge >= 0.3 is 0 Å². The molecular weight excluding hydrogens is 220 g/mol. The maximum absolute atomic E-state index is 9.96. The van der Waals surface area contributed by atoms with E-state index in [1.807, 2.05) is 0 Å². The molecule has 2 N–H and O–H groups in total. The molecule has 1 aliphatic rings. The first-order valence-electron chi connectivity index (χ1n) is 5.85. The predicted molar refractivity (Wildman–Crippen MR) is 65.5 cm³/mol. The summed E-state index contributed by atoms with van der Waals surface area (Å²) < 4.78 is 11.3. The van der Waals surface area contributed by atoms with E-state index >= 15 is 0 Å². The van der Waals surface area contributed by atoms with Gasteiger partial charge in [-0.3, -0.25) is 0 Å². The molecule has 4 atom stereocenters. The fourth-order valence-electron chi connectivity index (χ4n) is 2.02. The van der Waals surface area contributed by atoms with Crippen molar-refractivity contribution in [1.82, 2.24) is 0 Å². The van der Waals surface area contributed by atoms with Crippen molar-refractivity contribution in [2.24, 2.45) is 0 Å². The SMILES string of the molecule is C=CCC(O)[C@@H]1OC(C)(C)O[C@H]1C(O)CC=C. The van der Waals surface area contributed by atoms with Crippen LogP contribution in [0.25, 0.3) is 0 Å². The molecule has 0 aromatic heterocycles. The molecule has 0 aromatic carbocycles. The average molecular weight is 242 g/mol. The van der Waals surface area contributed by atoms with E-state index in [4.69, 9.17) is 9.47 Å². The highest BCUT2D eigenvalue weighted by Gasteiger charge is 2.47. The average Bonchev–Trinajstić information content (AvgIpc) is 2.55. The van der Waals surface area contributed by atoms with E-state index in [0.717, 1.165) is 0 Å². The van der Waals surface area contributed by atoms with Gasteiger partial charge in [0.05, 0.1) is 12.2 Å². The topological polar surface area (TPSA) is 58.9 Å². The third kappa shape index (κ3) is 3.64. The maximum atomic E-state index is 9.96. The normalized spacial score (nSPS) is 30.8. The Morgan fingerprint density at radius 3 is 1.71 bits per heavy atom. The number of hydrogen-bond acceptors (Lipinski definition) is 4. The molecule has 0 saturated carbocycles. The van der Waals surface area contributed by atoms with Crippen molar-refractivity contribution in [2.75, 3.05) is 0 Å². The smallest absolute Gasteiger partial charge is 0.164 e. The van der Waals surface area contributed by atoms with Gasteiger partial charge < -0.3 is 19.7 Å². The number of ether oxygens (including phenoxy) is 2. The number of rotatable bonds is 6. The lowest BCUT2D eigenvalue weighted by Crippen LogP contribution is -2.41. The predicted octanol–water partition coefficient (Wildman–Crippen LogP) is 1.38. The summed E-state index contributed by atoms with van der Waals surface area (Å²) in [6.45, 7) is 10.7. The van der Waals surface area contributed by atoms with Gasteiger partial charge in [0.2, 0.25) is 0 Å². The molecule has 17 heavy (non-hydrogen) atoms. The molecule has 2 unspecified atom stereocenters. The number of aliphatic hydroxyl groups is 2. The summed E-state index contributed by atoms with van der Waals surface area (Å²) in [7, 11) is 0. The Balaban J connectivity index is 2.76. The summed E-state index contributed by atoms with van der Waals surface area (Å²) in [5.74, 6) is -0.792. The molecule has 1 saturated heterocycles. The molecular formula is C13H22O4. The monoisotopic (exact) mass is 242 g/mol. The van der Waals surface area contributed by atoms with Crippen LogP contribution in [0.4, 0.5) is 0 Å². The molecule has 0 bridgehead atoms. The van der Waals surface area contributed by atoms with Gasteiger partial charge in [0.1, 0.15) is 12.2 Å². The van der Waals surface area contributed by atoms with Crippen LogP contribution in [0.1, 0.15) is 26.7 Å². The molecule has 0 aliphatic carbocycles. The van der Waals surface area contributed by atoms with E-state index < -0.39 is 30.2 Å². The Hall–Kier alpha value is -0.680. The summed E-state index contributed by atoms with van der Waals surface area (Å²) >= 11 is 0. The Morgan fingerprint density at radius 1 is 1.06 bits per heavy atom. The Bertz CT molecular complexity index is 249. The van der Waals surface area contributed by atoms with Gasteiger partial charge in [-0.1, -0.05) is 12.2 Å². The highest BCUT2D eigenvalue weighted by Crippen LogP contribution is 2.33. The van der Waals surface area contributed by atoms with Crippen LogP contribution in [-0.2, 0) is 9.47 Å². The lowest BCUT2D eigenvalue weighted by atomic mass is 9.99. The molecule has 0 radical (unpaired) electrons. The van der Waals surface area contributed by atoms with Gasteiger partial charge in [0.25, 0.3) is 0 Å². The van der Waals surface area contributed by atoms with Crippen LogP contribution in [-0.4, -0.2) is 40.4 Å². The van der Waals surface area contributed by atoms with Crippen LogP contribution in [0.5, 0.6) is 0 Å². The van der Waals surface area contributed by atoms with Crippen molar-refractivity contribution in [1.29, 1.82) is 0 Å². The standard InChI is InChI=1S/C13H22O4/c1-5-7-9(14)11-12(10(15)8-6-2)17-13(3,4)16-11/h5-6,9-12,14-15H,1-2,7-8H2,3-4H3/t9?,10?,11-,12-/m0/s1. The molecule has 98 valence electrons. The van der Waals surface area contributed by atoms with Crippen LogP contribution in [0.15, 0.2) is 25.3 Å². The Kier molecular flexibility index (Phi) is 4.89. The Morgan fingerprint density at radius 2 is 1.41 bits per heavy atom. The van der Waals surface area contributed by atoms with Gasteiger partial charge in [0.15, 0.2) is 5.79 Å². The summed E-state index contributed by atoms with van der Waals surface area (Å²) in [5.41, 5.74) is 0. The molecule has 4 nitrogen and oxygen atoms in total. The first kappa shape index (κ1) is 14.4. The lowest BCUT2D eigenvalue weighted by Gasteiger charge is -2.24. The molecule has 1 rings (SSSR count). The minimum atomic E-state index is -0.792. The minimum absolute atomic E-state index is 0.404. The highest BCUT2D eigenvalue weighted by molar-refractivity contribution is 4.94. The molecule has 0 spiro atoms. The first-order chi connectivity index (χ1) is 7.91. The van der Waals surface area contributed by atoms with Crippen molar-refractivity contribution < 1.29 is 19.7 Å². The zero-order chi connectivity index (χ0) is 13.1. The van der Waals surface area contributed by atoms with Gasteiger partial charge in [-0.05, 0) is 26.7 Å². The lowest BCUT2D eigenvalue weighted by molar-refractivity contribution is -0.160. The number of aliphatic hydroxyl groups excluding tert-OH is 2. The molecule has 1 heterocycles. The van der Waals surface area contributed by atoms with E-state index in [-0.39, 0.29) is 0 Å². The van der Waals surface area contributed by atoms with Crippen molar-refractivity contribution in [3.8, 4) is 0 Å². The maximum Gasteiger partial charge on any atom is 0.164 e. The molecule has 1 aliphatic heterocycles. The van der Waals surface area contributed by atoms with Gasteiger partial charge in [-0.25, -0.2) is 0 Å². The molecule has 0 aromatic rings. The van der Waals surface area contributed by atoms with Crippen LogP contribution in [0, 0.1) is 0 Å².